The van der Waals surface area contributed by atoms with Gasteiger partial charge in [0.05, 0.1) is 7.11 Å². The van der Waals surface area contributed by atoms with E-state index in [0.29, 0.717) is 0 Å². The standard InChI is InChI=1S/C12H15NO2/c1-8-6-9-7-10(15-3)4-5-11(9)13(2)12(8)14/h4-5,7-8H,6H2,1-3H3. The molecular formula is C12H15NO2. The molecule has 0 aliphatic carbocycles. The van der Waals surface area contributed by atoms with Crippen LogP contribution in [0.3, 0.4) is 0 Å². The molecule has 1 atom stereocenters. The van der Waals surface area contributed by atoms with Gasteiger partial charge in [0.2, 0.25) is 5.91 Å². The first-order valence-electron chi connectivity index (χ1n) is 5.08. The summed E-state index contributed by atoms with van der Waals surface area (Å²) >= 11 is 0. The topological polar surface area (TPSA) is 29.5 Å². The number of fused-ring (bicyclic) bond motifs is 1. The van der Waals surface area contributed by atoms with E-state index in [4.69, 9.17) is 4.74 Å². The summed E-state index contributed by atoms with van der Waals surface area (Å²) in [5, 5.41) is 0. The van der Waals surface area contributed by atoms with Crippen molar-refractivity contribution in [2.24, 2.45) is 5.92 Å². The van der Waals surface area contributed by atoms with Gasteiger partial charge in [0, 0.05) is 18.7 Å². The largest absolute Gasteiger partial charge is 0.497 e. The van der Waals surface area contributed by atoms with Crippen LogP contribution in [0.15, 0.2) is 18.2 Å². The van der Waals surface area contributed by atoms with Gasteiger partial charge in [0.1, 0.15) is 5.75 Å². The molecular weight excluding hydrogens is 190 g/mol. The van der Waals surface area contributed by atoms with E-state index >= 15 is 0 Å². The normalized spacial score (nSPS) is 20.1. The van der Waals surface area contributed by atoms with E-state index in [9.17, 15) is 4.79 Å². The number of anilines is 1. The molecule has 0 radical (unpaired) electrons. The summed E-state index contributed by atoms with van der Waals surface area (Å²) in [6, 6.07) is 5.84. The second kappa shape index (κ2) is 3.57. The molecule has 3 heteroatoms. The molecule has 1 unspecified atom stereocenters. The molecule has 0 N–H and O–H groups in total. The third-order valence-corrected chi connectivity index (χ3v) is 2.93. The maximum absolute atomic E-state index is 11.7. The first kappa shape index (κ1) is 10.0. The molecule has 1 aliphatic heterocycles. The highest BCUT2D eigenvalue weighted by atomic mass is 16.5. The minimum absolute atomic E-state index is 0.0645. The van der Waals surface area contributed by atoms with Gasteiger partial charge in [-0.25, -0.2) is 0 Å². The number of hydrogen-bond acceptors (Lipinski definition) is 2. The number of amides is 1. The molecule has 1 heterocycles. The summed E-state index contributed by atoms with van der Waals surface area (Å²) in [6.45, 7) is 1.96. The molecule has 80 valence electrons. The van der Waals surface area contributed by atoms with E-state index in [1.807, 2.05) is 32.2 Å². The van der Waals surface area contributed by atoms with Crippen LogP contribution in [-0.4, -0.2) is 20.1 Å². The number of carbonyl (C=O) groups excluding carboxylic acids is 1. The van der Waals surface area contributed by atoms with Crippen molar-refractivity contribution in [2.45, 2.75) is 13.3 Å². The molecule has 0 spiro atoms. The maximum Gasteiger partial charge on any atom is 0.229 e. The summed E-state index contributed by atoms with van der Waals surface area (Å²) < 4.78 is 5.17. The van der Waals surface area contributed by atoms with E-state index in [0.717, 1.165) is 17.9 Å². The van der Waals surface area contributed by atoms with Gasteiger partial charge in [-0.2, -0.15) is 0 Å². The fraction of sp³-hybridized carbons (Fsp3) is 0.417. The lowest BCUT2D eigenvalue weighted by atomic mass is 9.93. The van der Waals surface area contributed by atoms with Crippen LogP contribution in [-0.2, 0) is 11.2 Å². The molecule has 1 amide bonds. The fourth-order valence-corrected chi connectivity index (χ4v) is 2.05. The van der Waals surface area contributed by atoms with Crippen LogP contribution in [0.5, 0.6) is 5.75 Å². The van der Waals surface area contributed by atoms with E-state index in [-0.39, 0.29) is 11.8 Å². The first-order chi connectivity index (χ1) is 7.13. The van der Waals surface area contributed by atoms with Gasteiger partial charge in [-0.05, 0) is 30.2 Å². The third-order valence-electron chi connectivity index (χ3n) is 2.93. The Morgan fingerprint density at radius 3 is 2.87 bits per heavy atom. The lowest BCUT2D eigenvalue weighted by molar-refractivity contribution is -0.121. The number of carbonyl (C=O) groups is 1. The predicted octanol–water partition coefficient (Wildman–Crippen LogP) is 1.85. The van der Waals surface area contributed by atoms with Crippen molar-refractivity contribution in [3.63, 3.8) is 0 Å². The van der Waals surface area contributed by atoms with Gasteiger partial charge in [0.15, 0.2) is 0 Å². The number of rotatable bonds is 1. The van der Waals surface area contributed by atoms with Crippen molar-refractivity contribution in [1.82, 2.24) is 0 Å². The Balaban J connectivity index is 2.45. The zero-order chi connectivity index (χ0) is 11.0. The average molecular weight is 205 g/mol. The Bertz CT molecular complexity index is 401. The summed E-state index contributed by atoms with van der Waals surface area (Å²) in [5.41, 5.74) is 2.18. The minimum atomic E-state index is 0.0645. The van der Waals surface area contributed by atoms with Crippen molar-refractivity contribution < 1.29 is 9.53 Å². The highest BCUT2D eigenvalue weighted by Gasteiger charge is 2.27. The zero-order valence-electron chi connectivity index (χ0n) is 9.28. The lowest BCUT2D eigenvalue weighted by Crippen LogP contribution is -2.37. The second-order valence-electron chi connectivity index (χ2n) is 4.00. The third kappa shape index (κ3) is 1.58. The second-order valence-corrected chi connectivity index (χ2v) is 4.00. The van der Waals surface area contributed by atoms with Crippen LogP contribution in [0, 0.1) is 5.92 Å². The van der Waals surface area contributed by atoms with Crippen LogP contribution in [0.25, 0.3) is 0 Å². The number of methoxy groups -OCH3 is 1. The molecule has 2 rings (SSSR count). The van der Waals surface area contributed by atoms with Crippen LogP contribution in [0.4, 0.5) is 5.69 Å². The van der Waals surface area contributed by atoms with E-state index < -0.39 is 0 Å². The van der Waals surface area contributed by atoms with Crippen molar-refractivity contribution in [2.75, 3.05) is 19.1 Å². The smallest absolute Gasteiger partial charge is 0.229 e. The molecule has 15 heavy (non-hydrogen) atoms. The van der Waals surface area contributed by atoms with Crippen molar-refractivity contribution in [3.05, 3.63) is 23.8 Å². The predicted molar refractivity (Wildman–Crippen MR) is 59.3 cm³/mol. The van der Waals surface area contributed by atoms with Crippen LogP contribution in [0.1, 0.15) is 12.5 Å². The Labute approximate surface area is 89.7 Å². The molecule has 0 bridgehead atoms. The fourth-order valence-electron chi connectivity index (χ4n) is 2.05. The van der Waals surface area contributed by atoms with E-state index in [1.54, 1.807) is 12.0 Å². The lowest BCUT2D eigenvalue weighted by Gasteiger charge is -2.29. The van der Waals surface area contributed by atoms with E-state index in [2.05, 4.69) is 0 Å². The highest BCUT2D eigenvalue weighted by molar-refractivity contribution is 5.97. The number of hydrogen-bond donors (Lipinski definition) is 0. The zero-order valence-corrected chi connectivity index (χ0v) is 9.28. The van der Waals surface area contributed by atoms with Crippen LogP contribution in [0.2, 0.25) is 0 Å². The van der Waals surface area contributed by atoms with Gasteiger partial charge in [-0.3, -0.25) is 4.79 Å². The Morgan fingerprint density at radius 1 is 1.47 bits per heavy atom. The molecule has 1 aromatic rings. The Kier molecular flexibility index (Phi) is 2.39. The van der Waals surface area contributed by atoms with E-state index in [1.165, 1.54) is 5.56 Å². The van der Waals surface area contributed by atoms with Gasteiger partial charge >= 0.3 is 0 Å². The molecule has 0 fully saturated rings. The average Bonchev–Trinajstić information content (AvgIpc) is 2.25. The van der Waals surface area contributed by atoms with Gasteiger partial charge < -0.3 is 9.64 Å². The number of benzene rings is 1. The molecule has 3 nitrogen and oxygen atoms in total. The number of nitrogens with zero attached hydrogens (tertiary/aromatic N) is 1. The van der Waals surface area contributed by atoms with Crippen molar-refractivity contribution in [1.29, 1.82) is 0 Å². The van der Waals surface area contributed by atoms with Crippen molar-refractivity contribution in [3.8, 4) is 5.75 Å². The summed E-state index contributed by atoms with van der Waals surface area (Å²) in [6.07, 6.45) is 0.801. The first-order valence-corrected chi connectivity index (χ1v) is 5.08. The Hall–Kier alpha value is -1.51. The van der Waals surface area contributed by atoms with Crippen LogP contribution < -0.4 is 9.64 Å². The van der Waals surface area contributed by atoms with Crippen molar-refractivity contribution >= 4 is 11.6 Å². The summed E-state index contributed by atoms with van der Waals surface area (Å²) in [7, 11) is 3.48. The summed E-state index contributed by atoms with van der Waals surface area (Å²) in [4.78, 5) is 13.5. The monoisotopic (exact) mass is 205 g/mol. The molecule has 0 saturated carbocycles. The Morgan fingerprint density at radius 2 is 2.20 bits per heavy atom. The molecule has 0 aromatic heterocycles. The maximum atomic E-state index is 11.7. The van der Waals surface area contributed by atoms with Gasteiger partial charge in [-0.1, -0.05) is 6.92 Å². The molecule has 1 aliphatic rings. The summed E-state index contributed by atoms with van der Waals surface area (Å²) in [5.74, 6) is 1.10. The van der Waals surface area contributed by atoms with Crippen LogP contribution >= 0.6 is 0 Å². The molecule has 0 saturated heterocycles. The SMILES string of the molecule is COc1ccc2c(c1)CC(C)C(=O)N2C. The number of ether oxygens (including phenoxy) is 1. The highest BCUT2D eigenvalue weighted by Crippen LogP contribution is 2.32. The van der Waals surface area contributed by atoms with Gasteiger partial charge in [0.25, 0.3) is 0 Å². The minimum Gasteiger partial charge on any atom is -0.497 e. The quantitative estimate of drug-likeness (QED) is 0.700. The van der Waals surface area contributed by atoms with Gasteiger partial charge in [-0.15, -0.1) is 0 Å². The molecule has 1 aromatic carbocycles.